The average molecular weight is 497 g/mol. The second-order valence-corrected chi connectivity index (χ2v) is 9.35. The lowest BCUT2D eigenvalue weighted by Crippen LogP contribution is -2.18. The summed E-state index contributed by atoms with van der Waals surface area (Å²) in [5, 5.41) is 7.22. The topological polar surface area (TPSA) is 80.0 Å². The molecule has 8 heteroatoms. The third-order valence-corrected chi connectivity index (χ3v) is 6.08. The second kappa shape index (κ2) is 9.03. The highest BCUT2D eigenvalue weighted by Crippen LogP contribution is 2.38. The third kappa shape index (κ3) is 5.03. The van der Waals surface area contributed by atoms with E-state index in [1.807, 2.05) is 51.1 Å². The van der Waals surface area contributed by atoms with Crippen molar-refractivity contribution in [3.8, 4) is 0 Å². The first kappa shape index (κ1) is 21.3. The molecule has 0 fully saturated rings. The van der Waals surface area contributed by atoms with E-state index in [0.29, 0.717) is 5.95 Å². The van der Waals surface area contributed by atoms with Crippen LogP contribution in [0.25, 0.3) is 0 Å². The van der Waals surface area contributed by atoms with Crippen LogP contribution >= 0.6 is 27.3 Å². The molecular weight excluding hydrogens is 476 g/mol. The molecule has 4 rings (SSSR count). The minimum atomic E-state index is -0.288. The lowest BCUT2D eigenvalue weighted by molar-refractivity contribution is 0.0997. The first-order valence-corrected chi connectivity index (χ1v) is 11.3. The van der Waals surface area contributed by atoms with E-state index in [4.69, 9.17) is 4.42 Å². The Labute approximate surface area is 192 Å². The number of furan rings is 1. The van der Waals surface area contributed by atoms with Gasteiger partial charge in [0.1, 0.15) is 5.00 Å². The number of aromatic nitrogens is 2. The molecule has 1 aromatic carbocycles. The van der Waals surface area contributed by atoms with Gasteiger partial charge in [-0.05, 0) is 62.7 Å². The number of hydrogen-bond donors (Lipinski definition) is 2. The van der Waals surface area contributed by atoms with E-state index in [2.05, 4.69) is 42.6 Å². The lowest BCUT2D eigenvalue weighted by atomic mass is 10.00. The first-order valence-electron chi connectivity index (χ1n) is 9.68. The molecular formula is C23H21BrN4O2S. The molecule has 0 radical (unpaired) electrons. The van der Waals surface area contributed by atoms with Gasteiger partial charge >= 0.3 is 0 Å². The molecule has 0 aliphatic carbocycles. The maximum absolute atomic E-state index is 12.6. The predicted octanol–water partition coefficient (Wildman–Crippen LogP) is 6.27. The van der Waals surface area contributed by atoms with Crippen LogP contribution in [0, 0.1) is 20.8 Å². The highest BCUT2D eigenvalue weighted by atomic mass is 79.9. The van der Waals surface area contributed by atoms with Gasteiger partial charge in [0.05, 0.1) is 12.3 Å². The lowest BCUT2D eigenvalue weighted by Gasteiger charge is -2.21. The molecule has 4 aromatic rings. The number of carbonyl (C=O) groups is 1. The predicted molar refractivity (Wildman–Crippen MR) is 127 cm³/mol. The Morgan fingerprint density at radius 2 is 1.84 bits per heavy atom. The standard InChI is InChI=1S/C23H21BrN4O2S/c1-13-10-14(2)26-23(25-13)27-20(16-6-4-7-17(24)12-16)18-11-15(3)31-22(18)28-21(29)19-8-5-9-30-19/h4-12,20H,1-3H3,(H,28,29)(H,25,26,27)/t20-/m0/s1. The average Bonchev–Trinajstić information content (AvgIpc) is 3.35. The molecule has 0 aliphatic heterocycles. The Morgan fingerprint density at radius 1 is 1.06 bits per heavy atom. The number of amides is 1. The quantitative estimate of drug-likeness (QED) is 0.328. The number of rotatable bonds is 6. The molecule has 0 spiro atoms. The van der Waals surface area contributed by atoms with Crippen molar-refractivity contribution in [2.75, 3.05) is 10.6 Å². The van der Waals surface area contributed by atoms with E-state index in [0.717, 1.165) is 36.9 Å². The molecule has 3 heterocycles. The summed E-state index contributed by atoms with van der Waals surface area (Å²) in [6.45, 7) is 5.90. The molecule has 0 saturated heterocycles. The van der Waals surface area contributed by atoms with Gasteiger partial charge in [0.25, 0.3) is 5.91 Å². The van der Waals surface area contributed by atoms with Crippen molar-refractivity contribution in [1.82, 2.24) is 9.97 Å². The van der Waals surface area contributed by atoms with E-state index in [1.165, 1.54) is 17.6 Å². The molecule has 1 atom stereocenters. The Balaban J connectivity index is 1.75. The van der Waals surface area contributed by atoms with Crippen LogP contribution in [0.4, 0.5) is 10.9 Å². The Morgan fingerprint density at radius 3 is 2.52 bits per heavy atom. The number of hydrogen-bond acceptors (Lipinski definition) is 6. The van der Waals surface area contributed by atoms with Crippen LogP contribution in [-0.4, -0.2) is 15.9 Å². The minimum Gasteiger partial charge on any atom is -0.459 e. The first-order chi connectivity index (χ1) is 14.9. The largest absolute Gasteiger partial charge is 0.459 e. The molecule has 158 valence electrons. The highest BCUT2D eigenvalue weighted by molar-refractivity contribution is 9.10. The molecule has 0 saturated carbocycles. The number of nitrogens with zero attached hydrogens (tertiary/aromatic N) is 2. The summed E-state index contributed by atoms with van der Waals surface area (Å²) >= 11 is 5.08. The van der Waals surface area contributed by atoms with Crippen molar-refractivity contribution < 1.29 is 9.21 Å². The summed E-state index contributed by atoms with van der Waals surface area (Å²) in [6.07, 6.45) is 1.48. The van der Waals surface area contributed by atoms with E-state index in [-0.39, 0.29) is 17.7 Å². The fraction of sp³-hybridized carbons (Fsp3) is 0.174. The number of halogens is 1. The van der Waals surface area contributed by atoms with Gasteiger partial charge in [0.2, 0.25) is 5.95 Å². The summed E-state index contributed by atoms with van der Waals surface area (Å²) in [5.41, 5.74) is 3.72. The third-order valence-electron chi connectivity index (χ3n) is 4.60. The highest BCUT2D eigenvalue weighted by Gasteiger charge is 2.23. The molecule has 0 bridgehead atoms. The van der Waals surface area contributed by atoms with Crippen LogP contribution in [0.3, 0.4) is 0 Å². The molecule has 0 aliphatic rings. The van der Waals surface area contributed by atoms with Gasteiger partial charge in [0, 0.05) is 26.3 Å². The summed E-state index contributed by atoms with van der Waals surface area (Å²) < 4.78 is 6.21. The summed E-state index contributed by atoms with van der Waals surface area (Å²) in [4.78, 5) is 22.8. The maximum atomic E-state index is 12.6. The molecule has 2 N–H and O–H groups in total. The van der Waals surface area contributed by atoms with Gasteiger partial charge < -0.3 is 15.1 Å². The van der Waals surface area contributed by atoms with Crippen molar-refractivity contribution in [1.29, 1.82) is 0 Å². The normalized spacial score (nSPS) is 11.9. The Bertz CT molecular complexity index is 1200. The van der Waals surface area contributed by atoms with E-state index in [9.17, 15) is 4.79 Å². The number of anilines is 2. The zero-order valence-electron chi connectivity index (χ0n) is 17.3. The van der Waals surface area contributed by atoms with Crippen molar-refractivity contribution in [3.05, 3.63) is 92.4 Å². The van der Waals surface area contributed by atoms with Gasteiger partial charge in [-0.3, -0.25) is 4.79 Å². The van der Waals surface area contributed by atoms with Gasteiger partial charge in [-0.25, -0.2) is 9.97 Å². The number of thiophene rings is 1. The van der Waals surface area contributed by atoms with Gasteiger partial charge in [-0.1, -0.05) is 28.1 Å². The smallest absolute Gasteiger partial charge is 0.291 e. The van der Waals surface area contributed by atoms with Crippen LogP contribution in [0.2, 0.25) is 0 Å². The SMILES string of the molecule is Cc1cc(C)nc(N[C@@H](c2cccc(Br)c2)c2cc(C)sc2NC(=O)c2ccco2)n1. The zero-order chi connectivity index (χ0) is 22.0. The molecule has 1 amide bonds. The van der Waals surface area contributed by atoms with Crippen molar-refractivity contribution >= 4 is 44.1 Å². The van der Waals surface area contributed by atoms with Gasteiger partial charge in [0.15, 0.2) is 5.76 Å². The zero-order valence-corrected chi connectivity index (χ0v) is 19.7. The molecule has 0 unspecified atom stereocenters. The maximum Gasteiger partial charge on any atom is 0.291 e. The van der Waals surface area contributed by atoms with Crippen LogP contribution < -0.4 is 10.6 Å². The van der Waals surface area contributed by atoms with Crippen LogP contribution in [0.15, 0.2) is 63.7 Å². The van der Waals surface area contributed by atoms with Crippen LogP contribution in [-0.2, 0) is 0 Å². The molecule has 3 aromatic heterocycles. The Kier molecular flexibility index (Phi) is 6.20. The number of carbonyl (C=O) groups excluding carboxylic acids is 1. The Hall–Kier alpha value is -2.97. The number of aryl methyl sites for hydroxylation is 3. The fourth-order valence-electron chi connectivity index (χ4n) is 3.36. The second-order valence-electron chi connectivity index (χ2n) is 7.18. The van der Waals surface area contributed by atoms with E-state index >= 15 is 0 Å². The van der Waals surface area contributed by atoms with Gasteiger partial charge in [-0.2, -0.15) is 0 Å². The molecule has 6 nitrogen and oxygen atoms in total. The van der Waals surface area contributed by atoms with Crippen molar-refractivity contribution in [3.63, 3.8) is 0 Å². The van der Waals surface area contributed by atoms with Gasteiger partial charge in [-0.15, -0.1) is 11.3 Å². The van der Waals surface area contributed by atoms with E-state index < -0.39 is 0 Å². The van der Waals surface area contributed by atoms with Crippen molar-refractivity contribution in [2.45, 2.75) is 26.8 Å². The van der Waals surface area contributed by atoms with Crippen molar-refractivity contribution in [2.24, 2.45) is 0 Å². The summed E-state index contributed by atoms with van der Waals surface area (Å²) in [5.74, 6) is 0.514. The summed E-state index contributed by atoms with van der Waals surface area (Å²) in [6, 6.07) is 15.1. The number of benzene rings is 1. The minimum absolute atomic E-state index is 0.265. The number of nitrogens with one attached hydrogen (secondary N) is 2. The van der Waals surface area contributed by atoms with E-state index in [1.54, 1.807) is 12.1 Å². The monoisotopic (exact) mass is 496 g/mol. The summed E-state index contributed by atoms with van der Waals surface area (Å²) in [7, 11) is 0. The molecule has 31 heavy (non-hydrogen) atoms. The van der Waals surface area contributed by atoms with Crippen LogP contribution in [0.5, 0.6) is 0 Å². The fourth-order valence-corrected chi connectivity index (χ4v) is 4.73. The van der Waals surface area contributed by atoms with Crippen LogP contribution in [0.1, 0.15) is 44.0 Å².